The van der Waals surface area contributed by atoms with E-state index in [1.165, 1.54) is 16.2 Å². The van der Waals surface area contributed by atoms with Crippen molar-refractivity contribution in [2.45, 2.75) is 11.7 Å². The lowest BCUT2D eigenvalue weighted by molar-refractivity contribution is -0.117. The van der Waals surface area contributed by atoms with Crippen molar-refractivity contribution >= 4 is 32.6 Å². The monoisotopic (exact) mass is 326 g/mol. The van der Waals surface area contributed by atoms with Crippen LogP contribution in [-0.4, -0.2) is 31.1 Å². The average Bonchev–Trinajstić information content (AvgIpc) is 3.05. The van der Waals surface area contributed by atoms with Crippen molar-refractivity contribution in [3.05, 3.63) is 35.7 Å². The first-order chi connectivity index (χ1) is 9.95. The molecular formula is C13H11FN2O3S2. The van der Waals surface area contributed by atoms with Gasteiger partial charge in [-0.05, 0) is 0 Å². The minimum Gasteiger partial charge on any atom is -0.287 e. The number of benzene rings is 1. The molecule has 21 heavy (non-hydrogen) atoms. The highest BCUT2D eigenvalue weighted by Gasteiger charge is 2.40. The van der Waals surface area contributed by atoms with Crippen LogP contribution in [0.1, 0.15) is 6.42 Å². The van der Waals surface area contributed by atoms with E-state index in [1.807, 2.05) is 30.3 Å². The molecule has 1 fully saturated rings. The smallest absolute Gasteiger partial charge is 0.287 e. The fourth-order valence-electron chi connectivity index (χ4n) is 2.18. The maximum absolute atomic E-state index is 13.0. The topological polar surface area (TPSA) is 67.3 Å². The Bertz CT molecular complexity index is 774. The predicted molar refractivity (Wildman–Crippen MR) is 78.3 cm³/mol. The first-order valence-corrected chi connectivity index (χ1v) is 8.52. The summed E-state index contributed by atoms with van der Waals surface area (Å²) in [6.07, 6.45) is -0.334. The second-order valence-corrected chi connectivity index (χ2v) is 7.14. The second-order valence-electron chi connectivity index (χ2n) is 4.69. The van der Waals surface area contributed by atoms with Crippen LogP contribution in [0.5, 0.6) is 0 Å². The Morgan fingerprint density at radius 2 is 2.00 bits per heavy atom. The van der Waals surface area contributed by atoms with Gasteiger partial charge < -0.3 is 0 Å². The van der Waals surface area contributed by atoms with Crippen molar-refractivity contribution in [2.24, 2.45) is 0 Å². The Kier molecular flexibility index (Phi) is 3.50. The van der Waals surface area contributed by atoms with E-state index in [0.717, 1.165) is 5.56 Å². The number of carbonyl (C=O) groups excluding carboxylic acids is 1. The van der Waals surface area contributed by atoms with E-state index in [4.69, 9.17) is 0 Å². The average molecular weight is 326 g/mol. The van der Waals surface area contributed by atoms with Gasteiger partial charge in [-0.15, -0.1) is 15.2 Å². The molecule has 2 aromatic rings. The lowest BCUT2D eigenvalue weighted by Gasteiger charge is -2.11. The summed E-state index contributed by atoms with van der Waals surface area (Å²) < 4.78 is 34.8. The molecule has 1 atom stereocenters. The molecule has 0 spiro atoms. The summed E-state index contributed by atoms with van der Waals surface area (Å²) in [6.45, 7) is -0.181. The van der Waals surface area contributed by atoms with Gasteiger partial charge in [-0.3, -0.25) is 9.69 Å². The number of halogens is 1. The lowest BCUT2D eigenvalue weighted by atomic mass is 10.2. The maximum atomic E-state index is 13.0. The largest absolute Gasteiger partial charge is 0.307 e. The first kappa shape index (κ1) is 14.2. The molecule has 1 aliphatic rings. The molecule has 1 amide bonds. The van der Waals surface area contributed by atoms with Gasteiger partial charge in [0.2, 0.25) is 5.91 Å². The van der Waals surface area contributed by atoms with Gasteiger partial charge in [-0.2, -0.15) is 8.42 Å². The Morgan fingerprint density at radius 1 is 1.29 bits per heavy atom. The third-order valence-corrected chi connectivity index (χ3v) is 5.26. The molecule has 1 aromatic carbocycles. The standard InChI is InChI=1S/C13H11FN2O3S2/c14-21(18,19)10-6-12(17)16(7-10)13-15-11(8-20-13)9-4-2-1-3-5-9/h1-5,8,10H,6-7H2. The Balaban J connectivity index is 1.86. The van der Waals surface area contributed by atoms with Gasteiger partial charge >= 0.3 is 10.2 Å². The summed E-state index contributed by atoms with van der Waals surface area (Å²) >= 11 is 1.23. The molecule has 1 aromatic heterocycles. The van der Waals surface area contributed by atoms with E-state index in [1.54, 1.807) is 5.38 Å². The summed E-state index contributed by atoms with van der Waals surface area (Å²) in [7, 11) is -4.71. The highest BCUT2D eigenvalue weighted by atomic mass is 32.3. The summed E-state index contributed by atoms with van der Waals surface area (Å²) in [5.41, 5.74) is 1.61. The van der Waals surface area contributed by atoms with Crippen LogP contribution in [0.15, 0.2) is 35.7 Å². The van der Waals surface area contributed by atoms with Crippen LogP contribution >= 0.6 is 11.3 Å². The van der Waals surface area contributed by atoms with Crippen molar-refractivity contribution in [3.63, 3.8) is 0 Å². The fraction of sp³-hybridized carbons (Fsp3) is 0.231. The molecule has 0 radical (unpaired) electrons. The van der Waals surface area contributed by atoms with Crippen LogP contribution in [-0.2, 0) is 15.0 Å². The first-order valence-electron chi connectivity index (χ1n) is 6.20. The zero-order chi connectivity index (χ0) is 15.0. The molecule has 1 saturated heterocycles. The van der Waals surface area contributed by atoms with E-state index >= 15 is 0 Å². The van der Waals surface area contributed by atoms with Crippen molar-refractivity contribution in [1.29, 1.82) is 0 Å². The minimum atomic E-state index is -4.71. The molecule has 3 rings (SSSR count). The molecule has 5 nitrogen and oxygen atoms in total. The highest BCUT2D eigenvalue weighted by molar-refractivity contribution is 7.87. The third kappa shape index (κ3) is 2.81. The molecule has 1 aliphatic heterocycles. The Labute approximate surface area is 125 Å². The lowest BCUT2D eigenvalue weighted by Crippen LogP contribution is -2.26. The number of hydrogen-bond acceptors (Lipinski definition) is 5. The SMILES string of the molecule is O=C1CC(S(=O)(=O)F)CN1c1nc(-c2ccccc2)cs1. The summed E-state index contributed by atoms with van der Waals surface area (Å²) in [6, 6.07) is 9.42. The predicted octanol–water partition coefficient (Wildman–Crippen LogP) is 2.21. The zero-order valence-corrected chi connectivity index (χ0v) is 12.4. The van der Waals surface area contributed by atoms with Gasteiger partial charge in [-0.25, -0.2) is 4.98 Å². The Morgan fingerprint density at radius 3 is 2.62 bits per heavy atom. The van der Waals surface area contributed by atoms with E-state index in [0.29, 0.717) is 10.8 Å². The van der Waals surface area contributed by atoms with Gasteiger partial charge in [-0.1, -0.05) is 30.3 Å². The zero-order valence-electron chi connectivity index (χ0n) is 10.8. The number of hydrogen-bond donors (Lipinski definition) is 0. The normalized spacial score (nSPS) is 19.2. The molecule has 8 heteroatoms. The second kappa shape index (κ2) is 5.19. The van der Waals surface area contributed by atoms with Gasteiger partial charge in [0.1, 0.15) is 5.25 Å². The van der Waals surface area contributed by atoms with Gasteiger partial charge in [0, 0.05) is 23.9 Å². The number of aromatic nitrogens is 1. The summed E-state index contributed by atoms with van der Waals surface area (Å²) in [4.78, 5) is 17.4. The third-order valence-electron chi connectivity index (χ3n) is 3.28. The van der Waals surface area contributed by atoms with Crippen molar-refractivity contribution in [2.75, 3.05) is 11.4 Å². The van der Waals surface area contributed by atoms with Crippen LogP contribution in [0.25, 0.3) is 11.3 Å². The van der Waals surface area contributed by atoms with E-state index in [9.17, 15) is 17.1 Å². The quantitative estimate of drug-likeness (QED) is 0.811. The van der Waals surface area contributed by atoms with Crippen molar-refractivity contribution < 1.29 is 17.1 Å². The van der Waals surface area contributed by atoms with Crippen molar-refractivity contribution in [3.8, 4) is 11.3 Å². The van der Waals surface area contributed by atoms with Crippen LogP contribution in [0.3, 0.4) is 0 Å². The fourth-order valence-corrected chi connectivity index (χ4v) is 3.71. The molecule has 0 bridgehead atoms. The van der Waals surface area contributed by atoms with Crippen LogP contribution in [0, 0.1) is 0 Å². The molecule has 110 valence electrons. The van der Waals surface area contributed by atoms with E-state index in [-0.39, 0.29) is 13.0 Å². The van der Waals surface area contributed by atoms with Gasteiger partial charge in [0.05, 0.1) is 5.69 Å². The van der Waals surface area contributed by atoms with Crippen LogP contribution < -0.4 is 4.90 Å². The summed E-state index contributed by atoms with van der Waals surface area (Å²) in [5.74, 6) is -0.421. The molecule has 0 aliphatic carbocycles. The van der Waals surface area contributed by atoms with E-state index < -0.39 is 21.4 Å². The molecule has 0 N–H and O–H groups in total. The molecule has 0 saturated carbocycles. The van der Waals surface area contributed by atoms with Crippen LogP contribution in [0.4, 0.5) is 9.02 Å². The van der Waals surface area contributed by atoms with E-state index in [2.05, 4.69) is 4.98 Å². The number of nitrogens with zero attached hydrogens (tertiary/aromatic N) is 2. The summed E-state index contributed by atoms with van der Waals surface area (Å²) in [5, 5.41) is 0.883. The minimum absolute atomic E-state index is 0.181. The molecular weight excluding hydrogens is 315 g/mol. The van der Waals surface area contributed by atoms with Gasteiger partial charge in [0.25, 0.3) is 0 Å². The number of thiazole rings is 1. The van der Waals surface area contributed by atoms with Crippen LogP contribution in [0.2, 0.25) is 0 Å². The number of carbonyl (C=O) groups is 1. The number of rotatable bonds is 3. The molecule has 2 heterocycles. The number of amides is 1. The maximum Gasteiger partial charge on any atom is 0.307 e. The van der Waals surface area contributed by atoms with Gasteiger partial charge in [0.15, 0.2) is 5.13 Å². The van der Waals surface area contributed by atoms with Crippen molar-refractivity contribution in [1.82, 2.24) is 4.98 Å². The molecule has 1 unspecified atom stereocenters. The number of anilines is 1. The Hall–Kier alpha value is -1.80. The highest BCUT2D eigenvalue weighted by Crippen LogP contribution is 2.31.